The summed E-state index contributed by atoms with van der Waals surface area (Å²) in [6.07, 6.45) is 0.604. The molecule has 0 saturated heterocycles. The Morgan fingerprint density at radius 2 is 1.51 bits per heavy atom. The number of amides is 2. The van der Waals surface area contributed by atoms with Crippen LogP contribution in [0.3, 0.4) is 0 Å². The van der Waals surface area contributed by atoms with E-state index in [1.807, 2.05) is 30.3 Å². The van der Waals surface area contributed by atoms with E-state index in [1.54, 1.807) is 17.0 Å². The van der Waals surface area contributed by atoms with E-state index in [9.17, 15) is 18.4 Å². The number of halogens is 2. The normalized spacial score (nSPS) is 10.7. The van der Waals surface area contributed by atoms with E-state index in [0.29, 0.717) is 24.3 Å². The van der Waals surface area contributed by atoms with Crippen LogP contribution in [0.25, 0.3) is 0 Å². The molecule has 1 aromatic heterocycles. The monoisotopic (exact) mass is 475 g/mol. The number of aromatic nitrogens is 1. The van der Waals surface area contributed by atoms with E-state index >= 15 is 0 Å². The molecular formula is C27H23F2N3O3. The molecule has 0 aliphatic carbocycles. The fraction of sp³-hybridized carbons (Fsp3) is 0.148. The minimum absolute atomic E-state index is 0.0688. The van der Waals surface area contributed by atoms with Gasteiger partial charge in [0, 0.05) is 24.7 Å². The molecule has 0 aliphatic heterocycles. The third-order valence-corrected chi connectivity index (χ3v) is 5.40. The Morgan fingerprint density at radius 1 is 0.857 bits per heavy atom. The zero-order chi connectivity index (χ0) is 24.6. The molecule has 6 nitrogen and oxygen atoms in total. The van der Waals surface area contributed by atoms with Crippen LogP contribution in [0.5, 0.6) is 0 Å². The van der Waals surface area contributed by atoms with E-state index in [1.165, 1.54) is 42.5 Å². The summed E-state index contributed by atoms with van der Waals surface area (Å²) >= 11 is 0. The maximum absolute atomic E-state index is 13.3. The second kappa shape index (κ2) is 11.2. The highest BCUT2D eigenvalue weighted by Gasteiger charge is 2.20. The molecule has 0 saturated carbocycles. The zero-order valence-corrected chi connectivity index (χ0v) is 18.8. The highest BCUT2D eigenvalue weighted by Crippen LogP contribution is 2.14. The van der Waals surface area contributed by atoms with Crippen molar-refractivity contribution in [2.45, 2.75) is 19.5 Å². The van der Waals surface area contributed by atoms with Crippen molar-refractivity contribution in [2.75, 3.05) is 6.54 Å². The summed E-state index contributed by atoms with van der Waals surface area (Å²) in [5, 5.41) is 6.52. The molecular weight excluding hydrogens is 452 g/mol. The van der Waals surface area contributed by atoms with Crippen LogP contribution in [0.1, 0.15) is 37.7 Å². The minimum Gasteiger partial charge on any atom is -0.359 e. The summed E-state index contributed by atoms with van der Waals surface area (Å²) in [6, 6.07) is 22.3. The highest BCUT2D eigenvalue weighted by molar-refractivity contribution is 5.94. The molecule has 3 aromatic carbocycles. The Hall–Kier alpha value is -4.33. The van der Waals surface area contributed by atoms with E-state index in [-0.39, 0.29) is 30.5 Å². The van der Waals surface area contributed by atoms with E-state index in [0.717, 1.165) is 11.1 Å². The lowest BCUT2D eigenvalue weighted by molar-refractivity contribution is 0.0729. The molecule has 1 heterocycles. The van der Waals surface area contributed by atoms with Crippen molar-refractivity contribution in [1.29, 1.82) is 0 Å². The SMILES string of the molecule is O=C(NCc1ccc(F)cc1)c1cc(CN(CCc2ccccc2)C(=O)c2ccc(F)cc2)on1. The molecule has 0 radical (unpaired) electrons. The Morgan fingerprint density at radius 3 is 2.20 bits per heavy atom. The third kappa shape index (κ3) is 6.60. The largest absolute Gasteiger partial charge is 0.359 e. The molecule has 2 amide bonds. The van der Waals surface area contributed by atoms with Crippen LogP contribution in [0.4, 0.5) is 8.78 Å². The molecule has 0 aliphatic rings. The van der Waals surface area contributed by atoms with Gasteiger partial charge >= 0.3 is 0 Å². The fourth-order valence-electron chi connectivity index (χ4n) is 3.49. The lowest BCUT2D eigenvalue weighted by atomic mass is 10.1. The molecule has 0 fully saturated rings. The number of hydrogen-bond donors (Lipinski definition) is 1. The summed E-state index contributed by atoms with van der Waals surface area (Å²) < 4.78 is 31.7. The maximum Gasteiger partial charge on any atom is 0.273 e. The number of carbonyl (C=O) groups is 2. The molecule has 8 heteroatoms. The molecule has 4 rings (SSSR count). The second-order valence-electron chi connectivity index (χ2n) is 7.96. The molecule has 178 valence electrons. The predicted molar refractivity (Wildman–Crippen MR) is 125 cm³/mol. The molecule has 35 heavy (non-hydrogen) atoms. The van der Waals surface area contributed by atoms with Crippen molar-refractivity contribution in [3.63, 3.8) is 0 Å². The van der Waals surface area contributed by atoms with Gasteiger partial charge in [-0.2, -0.15) is 0 Å². The molecule has 0 unspecified atom stereocenters. The summed E-state index contributed by atoms with van der Waals surface area (Å²) in [4.78, 5) is 27.2. The Labute approximate surface area is 201 Å². The summed E-state index contributed by atoms with van der Waals surface area (Å²) in [5.41, 5.74) is 2.21. The van der Waals surface area contributed by atoms with E-state index in [2.05, 4.69) is 10.5 Å². The summed E-state index contributed by atoms with van der Waals surface area (Å²) in [5.74, 6) is -1.19. The fourth-order valence-corrected chi connectivity index (χ4v) is 3.49. The maximum atomic E-state index is 13.3. The van der Waals surface area contributed by atoms with Crippen LogP contribution in [-0.2, 0) is 19.5 Å². The topological polar surface area (TPSA) is 75.4 Å². The quantitative estimate of drug-likeness (QED) is 0.379. The second-order valence-corrected chi connectivity index (χ2v) is 7.96. The van der Waals surface area contributed by atoms with Crippen LogP contribution < -0.4 is 5.32 Å². The molecule has 0 bridgehead atoms. The van der Waals surface area contributed by atoms with Crippen molar-refractivity contribution < 1.29 is 22.9 Å². The van der Waals surface area contributed by atoms with Gasteiger partial charge in [0.1, 0.15) is 11.6 Å². The molecule has 0 atom stereocenters. The van der Waals surface area contributed by atoms with Crippen molar-refractivity contribution in [3.8, 4) is 0 Å². The predicted octanol–water partition coefficient (Wildman–Crippen LogP) is 4.77. The third-order valence-electron chi connectivity index (χ3n) is 5.40. The molecule has 1 N–H and O–H groups in total. The van der Waals surface area contributed by atoms with E-state index in [4.69, 9.17) is 4.52 Å². The number of rotatable bonds is 9. The highest BCUT2D eigenvalue weighted by atomic mass is 19.1. The van der Waals surface area contributed by atoms with Crippen molar-refractivity contribution in [1.82, 2.24) is 15.4 Å². The zero-order valence-electron chi connectivity index (χ0n) is 18.8. The summed E-state index contributed by atoms with van der Waals surface area (Å²) in [7, 11) is 0. The first kappa shape index (κ1) is 23.8. The van der Waals surface area contributed by atoms with Crippen molar-refractivity contribution >= 4 is 11.8 Å². The van der Waals surface area contributed by atoms with Gasteiger partial charge in [-0.15, -0.1) is 0 Å². The van der Waals surface area contributed by atoms with Gasteiger partial charge in [-0.25, -0.2) is 8.78 Å². The lowest BCUT2D eigenvalue weighted by Crippen LogP contribution is -2.32. The number of benzene rings is 3. The minimum atomic E-state index is -0.454. The first-order chi connectivity index (χ1) is 17.0. The van der Waals surface area contributed by atoms with Crippen LogP contribution in [0, 0.1) is 11.6 Å². The van der Waals surface area contributed by atoms with Crippen molar-refractivity contribution in [2.24, 2.45) is 0 Å². The lowest BCUT2D eigenvalue weighted by Gasteiger charge is -2.21. The van der Waals surface area contributed by atoms with Gasteiger partial charge in [0.15, 0.2) is 11.5 Å². The number of nitrogens with one attached hydrogen (secondary N) is 1. The number of carbonyl (C=O) groups excluding carboxylic acids is 2. The standard InChI is InChI=1S/C27H23F2N3O3/c28-22-10-6-20(7-11-22)17-30-26(33)25-16-24(35-31-25)18-32(15-14-19-4-2-1-3-5-19)27(34)21-8-12-23(29)13-9-21/h1-13,16H,14-15,17-18H2,(H,30,33). The molecule has 4 aromatic rings. The summed E-state index contributed by atoms with van der Waals surface area (Å²) in [6.45, 7) is 0.669. The first-order valence-electron chi connectivity index (χ1n) is 11.0. The van der Waals surface area contributed by atoms with Gasteiger partial charge in [-0.05, 0) is 53.9 Å². The Bertz CT molecular complexity index is 1270. The van der Waals surface area contributed by atoms with Crippen LogP contribution in [0.2, 0.25) is 0 Å². The number of hydrogen-bond acceptors (Lipinski definition) is 4. The Balaban J connectivity index is 1.43. The van der Waals surface area contributed by atoms with Gasteiger partial charge in [0.2, 0.25) is 0 Å². The van der Waals surface area contributed by atoms with Gasteiger partial charge < -0.3 is 14.7 Å². The van der Waals surface area contributed by atoms with E-state index < -0.39 is 11.7 Å². The van der Waals surface area contributed by atoms with Crippen LogP contribution in [0.15, 0.2) is 89.5 Å². The first-order valence-corrected chi connectivity index (χ1v) is 11.0. The van der Waals surface area contributed by atoms with Gasteiger partial charge in [-0.1, -0.05) is 47.6 Å². The molecule has 0 spiro atoms. The van der Waals surface area contributed by atoms with Gasteiger partial charge in [0.25, 0.3) is 11.8 Å². The van der Waals surface area contributed by atoms with Crippen LogP contribution >= 0.6 is 0 Å². The number of nitrogens with zero attached hydrogens (tertiary/aromatic N) is 2. The van der Waals surface area contributed by atoms with Gasteiger partial charge in [0.05, 0.1) is 6.54 Å². The van der Waals surface area contributed by atoms with Crippen molar-refractivity contribution in [3.05, 3.63) is 125 Å². The average molecular weight is 475 g/mol. The smallest absolute Gasteiger partial charge is 0.273 e. The average Bonchev–Trinajstić information content (AvgIpc) is 3.35. The van der Waals surface area contributed by atoms with Crippen LogP contribution in [-0.4, -0.2) is 28.4 Å². The Kier molecular flexibility index (Phi) is 7.62. The van der Waals surface area contributed by atoms with Gasteiger partial charge in [-0.3, -0.25) is 9.59 Å².